The molecule has 0 saturated heterocycles. The van der Waals surface area contributed by atoms with E-state index in [-0.39, 0.29) is 10.8 Å². The largest absolute Gasteiger partial charge is 0.497 e. The van der Waals surface area contributed by atoms with Crippen LogP contribution in [0.1, 0.15) is 95.0 Å². The lowest BCUT2D eigenvalue weighted by atomic mass is 9.80. The van der Waals surface area contributed by atoms with E-state index in [1.165, 1.54) is 55.9 Å². The molecule has 1 heterocycles. The Balaban J connectivity index is 1.52. The molecule has 1 aliphatic heterocycles. The molecule has 0 N–H and O–H groups in total. The van der Waals surface area contributed by atoms with Gasteiger partial charge in [0.05, 0.1) is 33.1 Å². The molecule has 5 nitrogen and oxygen atoms in total. The van der Waals surface area contributed by atoms with Crippen LogP contribution in [-0.4, -0.2) is 35.0 Å². The third-order valence-electron chi connectivity index (χ3n) is 10.3. The van der Waals surface area contributed by atoms with Gasteiger partial charge in [-0.2, -0.15) is 0 Å². The summed E-state index contributed by atoms with van der Waals surface area (Å²) in [6.45, 7) is 15.6. The van der Waals surface area contributed by atoms with Gasteiger partial charge in [0.15, 0.2) is 0 Å². The number of hydrogen-bond donors (Lipinski definition) is 0. The Morgan fingerprint density at radius 3 is 2.04 bits per heavy atom. The molecule has 0 spiro atoms. The van der Waals surface area contributed by atoms with Crippen molar-refractivity contribution in [2.75, 3.05) is 39.9 Å². The van der Waals surface area contributed by atoms with Crippen molar-refractivity contribution in [3.05, 3.63) is 104 Å². The van der Waals surface area contributed by atoms with Gasteiger partial charge in [-0.05, 0) is 107 Å². The van der Waals surface area contributed by atoms with Crippen molar-refractivity contribution < 1.29 is 18.9 Å². The second kappa shape index (κ2) is 14.1. The zero-order valence-corrected chi connectivity index (χ0v) is 30.8. The highest BCUT2D eigenvalue weighted by Gasteiger charge is 2.41. The molecule has 0 unspecified atom stereocenters. The number of fused-ring (bicyclic) bond motifs is 2. The smallest absolute Gasteiger partial charge is 0.119 e. The van der Waals surface area contributed by atoms with Crippen LogP contribution in [0.25, 0.3) is 5.57 Å². The van der Waals surface area contributed by atoms with Crippen LogP contribution in [0, 0.1) is 0 Å². The van der Waals surface area contributed by atoms with Gasteiger partial charge in [-0.3, -0.25) is 0 Å². The summed E-state index contributed by atoms with van der Waals surface area (Å²) in [5, 5.41) is 0.871. The average Bonchev–Trinajstić information content (AvgIpc) is 3.41. The van der Waals surface area contributed by atoms with Crippen molar-refractivity contribution in [1.29, 1.82) is 0 Å². The van der Waals surface area contributed by atoms with Crippen LogP contribution in [0.15, 0.2) is 76.0 Å². The van der Waals surface area contributed by atoms with Gasteiger partial charge in [0, 0.05) is 47.9 Å². The summed E-state index contributed by atoms with van der Waals surface area (Å²) in [4.78, 5) is 2.42. The summed E-state index contributed by atoms with van der Waals surface area (Å²) in [5.41, 5.74) is 13.4. The Hall–Kier alpha value is -3.25. The summed E-state index contributed by atoms with van der Waals surface area (Å²) in [5.74, 6) is 1.73. The minimum Gasteiger partial charge on any atom is -0.497 e. The van der Waals surface area contributed by atoms with Crippen molar-refractivity contribution in [1.82, 2.24) is 0 Å². The van der Waals surface area contributed by atoms with E-state index in [9.17, 15) is 0 Å². The zero-order valence-electron chi connectivity index (χ0n) is 30.0. The highest BCUT2D eigenvalue weighted by Crippen LogP contribution is 2.52. The molecule has 252 valence electrons. The fourth-order valence-electron chi connectivity index (χ4n) is 7.88. The van der Waals surface area contributed by atoms with E-state index in [1.807, 2.05) is 0 Å². The molecule has 0 atom stereocenters. The van der Waals surface area contributed by atoms with Gasteiger partial charge >= 0.3 is 0 Å². The van der Waals surface area contributed by atoms with Crippen LogP contribution >= 0.6 is 11.6 Å². The molecule has 5 rings (SSSR count). The number of benzene rings is 2. The molecule has 2 aliphatic carbocycles. The van der Waals surface area contributed by atoms with Crippen molar-refractivity contribution >= 4 is 22.9 Å². The number of rotatable bonds is 11. The highest BCUT2D eigenvalue weighted by atomic mass is 35.5. The SMILES string of the molecule is CCC1=C(/C=C/C2=C(Cl)C(=C/C=C3\N(CC)c4c(COC)cc(OC)cc4C3(C)C)CCC2)C(C)(C)c2cc(OC)cc(COC)c21. The van der Waals surface area contributed by atoms with Crippen LogP contribution < -0.4 is 14.4 Å². The maximum atomic E-state index is 7.23. The van der Waals surface area contributed by atoms with E-state index < -0.39 is 0 Å². The van der Waals surface area contributed by atoms with Crippen LogP contribution in [0.3, 0.4) is 0 Å². The number of allylic oxidation sites excluding steroid dienone is 10. The quantitative estimate of drug-likeness (QED) is 0.240. The van der Waals surface area contributed by atoms with E-state index in [1.54, 1.807) is 28.4 Å². The van der Waals surface area contributed by atoms with Crippen LogP contribution in [0.2, 0.25) is 0 Å². The second-order valence-corrected chi connectivity index (χ2v) is 14.1. The first-order valence-corrected chi connectivity index (χ1v) is 17.3. The monoisotopic (exact) mass is 657 g/mol. The zero-order chi connectivity index (χ0) is 34.1. The van der Waals surface area contributed by atoms with E-state index >= 15 is 0 Å². The number of nitrogens with zero attached hydrogens (tertiary/aromatic N) is 1. The van der Waals surface area contributed by atoms with Gasteiger partial charge in [0.2, 0.25) is 0 Å². The predicted octanol–water partition coefficient (Wildman–Crippen LogP) is 10.3. The summed E-state index contributed by atoms with van der Waals surface area (Å²) in [7, 11) is 6.96. The lowest BCUT2D eigenvalue weighted by Gasteiger charge is -2.26. The molecule has 2 aromatic rings. The third-order valence-corrected chi connectivity index (χ3v) is 10.8. The molecule has 0 bridgehead atoms. The van der Waals surface area contributed by atoms with Crippen molar-refractivity contribution in [2.45, 2.75) is 91.3 Å². The van der Waals surface area contributed by atoms with Gasteiger partial charge in [-0.1, -0.05) is 64.4 Å². The number of methoxy groups -OCH3 is 4. The lowest BCUT2D eigenvalue weighted by Crippen LogP contribution is -2.26. The van der Waals surface area contributed by atoms with Gasteiger partial charge in [0.25, 0.3) is 0 Å². The summed E-state index contributed by atoms with van der Waals surface area (Å²) >= 11 is 7.23. The average molecular weight is 658 g/mol. The molecule has 0 aromatic heterocycles. The Morgan fingerprint density at radius 1 is 0.787 bits per heavy atom. The minimum absolute atomic E-state index is 0.171. The fraction of sp³-hybridized carbons (Fsp3) is 0.463. The van der Waals surface area contributed by atoms with E-state index in [2.05, 4.69) is 95.0 Å². The second-order valence-electron chi connectivity index (χ2n) is 13.8. The first-order valence-electron chi connectivity index (χ1n) is 16.9. The molecule has 0 fully saturated rings. The van der Waals surface area contributed by atoms with Crippen LogP contribution in [-0.2, 0) is 33.5 Å². The minimum atomic E-state index is -0.205. The van der Waals surface area contributed by atoms with E-state index in [4.69, 9.17) is 30.5 Å². The Kier molecular flexibility index (Phi) is 10.5. The summed E-state index contributed by atoms with van der Waals surface area (Å²) in [6.07, 6.45) is 13.1. The number of ether oxygens (including phenoxy) is 4. The molecule has 6 heteroatoms. The molecular weight excluding hydrogens is 606 g/mol. The van der Waals surface area contributed by atoms with Crippen molar-refractivity contribution in [3.63, 3.8) is 0 Å². The number of halogens is 1. The molecule has 0 amide bonds. The number of anilines is 1. The summed E-state index contributed by atoms with van der Waals surface area (Å²) < 4.78 is 22.6. The Morgan fingerprint density at radius 2 is 1.43 bits per heavy atom. The molecule has 2 aromatic carbocycles. The Bertz CT molecular complexity index is 1690. The van der Waals surface area contributed by atoms with E-state index in [0.29, 0.717) is 13.2 Å². The molecule has 3 aliphatic rings. The maximum Gasteiger partial charge on any atom is 0.119 e. The normalized spacial score (nSPS) is 20.2. The fourth-order valence-corrected chi connectivity index (χ4v) is 8.20. The van der Waals surface area contributed by atoms with Gasteiger partial charge < -0.3 is 23.8 Å². The molecule has 0 radical (unpaired) electrons. The van der Waals surface area contributed by atoms with Gasteiger partial charge in [-0.15, -0.1) is 0 Å². The standard InChI is InChI=1S/C41H52ClNO4/c1-11-32-33(40(3,4)34-22-30(46-9)20-28(24-44-7)37(32)34)18-16-26-14-13-15-27(38(26)42)17-19-36-41(5,6)35-23-31(47-10)21-29(25-45-8)39(35)43(36)12-2/h16-23H,11-15,24-25H2,1-10H3/b18-16+,27-17?,36-19-. The maximum absolute atomic E-state index is 7.23. The van der Waals surface area contributed by atoms with Crippen LogP contribution in [0.4, 0.5) is 5.69 Å². The highest BCUT2D eigenvalue weighted by molar-refractivity contribution is 6.32. The first kappa shape index (κ1) is 35.1. The third kappa shape index (κ3) is 6.23. The summed E-state index contributed by atoms with van der Waals surface area (Å²) in [6, 6.07) is 8.59. The number of likely N-dealkylation sites (N-methyl/N-ethyl adjacent to an activating group) is 1. The van der Waals surface area contributed by atoms with Gasteiger partial charge in [-0.25, -0.2) is 0 Å². The molecule has 0 saturated carbocycles. The van der Waals surface area contributed by atoms with Gasteiger partial charge in [0.1, 0.15) is 11.5 Å². The lowest BCUT2D eigenvalue weighted by molar-refractivity contribution is 0.184. The van der Waals surface area contributed by atoms with E-state index in [0.717, 1.165) is 54.3 Å². The number of hydrogen-bond acceptors (Lipinski definition) is 5. The topological polar surface area (TPSA) is 40.2 Å². The predicted molar refractivity (Wildman–Crippen MR) is 196 cm³/mol. The molecule has 47 heavy (non-hydrogen) atoms. The van der Waals surface area contributed by atoms with Crippen molar-refractivity contribution in [3.8, 4) is 11.5 Å². The van der Waals surface area contributed by atoms with Crippen molar-refractivity contribution in [2.24, 2.45) is 0 Å². The first-order chi connectivity index (χ1) is 22.5. The molecular formula is C41H52ClNO4. The van der Waals surface area contributed by atoms with Crippen LogP contribution in [0.5, 0.6) is 11.5 Å². The Labute approximate surface area is 287 Å².